The van der Waals surface area contributed by atoms with Gasteiger partial charge < -0.3 is 14.2 Å². The van der Waals surface area contributed by atoms with Crippen LogP contribution in [0.3, 0.4) is 0 Å². The highest BCUT2D eigenvalue weighted by atomic mass is 16.3. The molecule has 122 valence electrons. The molecule has 4 heteroatoms. The first kappa shape index (κ1) is 15.7. The van der Waals surface area contributed by atoms with Crippen LogP contribution in [-0.2, 0) is 5.41 Å². The topological polar surface area (TPSA) is 36.7 Å². The summed E-state index contributed by atoms with van der Waals surface area (Å²) in [4.78, 5) is 16.5. The van der Waals surface area contributed by atoms with Gasteiger partial charge >= 0.3 is 0 Å². The fourth-order valence-corrected chi connectivity index (χ4v) is 2.90. The first-order chi connectivity index (χ1) is 10.9. The second-order valence-corrected chi connectivity index (χ2v) is 7.05. The quantitative estimate of drug-likeness (QED) is 0.851. The molecule has 0 N–H and O–H groups in total. The first-order valence-corrected chi connectivity index (χ1v) is 8.13. The van der Waals surface area contributed by atoms with Gasteiger partial charge in [0.15, 0.2) is 5.76 Å². The smallest absolute Gasteiger partial charge is 0.289 e. The average molecular weight is 312 g/mol. The SMILES string of the molecule is CC(C)(C)c1ccc(N2CCN(C(=O)c3ccco3)CC2)cc1. The van der Waals surface area contributed by atoms with Gasteiger partial charge in [-0.3, -0.25) is 4.79 Å². The standard InChI is InChI=1S/C19H24N2O2/c1-19(2,3)15-6-8-16(9-7-15)20-10-12-21(13-11-20)18(22)17-5-4-14-23-17/h4-9,14H,10-13H2,1-3H3. The molecule has 1 aliphatic heterocycles. The van der Waals surface area contributed by atoms with E-state index in [9.17, 15) is 4.79 Å². The molecule has 1 aromatic carbocycles. The zero-order valence-electron chi connectivity index (χ0n) is 14.1. The maximum absolute atomic E-state index is 12.3. The molecule has 2 aromatic rings. The lowest BCUT2D eigenvalue weighted by Crippen LogP contribution is -2.48. The largest absolute Gasteiger partial charge is 0.459 e. The second-order valence-electron chi connectivity index (χ2n) is 7.05. The van der Waals surface area contributed by atoms with E-state index in [0.717, 1.165) is 26.2 Å². The van der Waals surface area contributed by atoms with Gasteiger partial charge in [0.05, 0.1) is 6.26 Å². The number of piperazine rings is 1. The molecule has 0 atom stereocenters. The predicted octanol–water partition coefficient (Wildman–Crippen LogP) is 3.54. The van der Waals surface area contributed by atoms with Crippen LogP contribution >= 0.6 is 0 Å². The van der Waals surface area contributed by atoms with Gasteiger partial charge in [-0.1, -0.05) is 32.9 Å². The Balaban J connectivity index is 1.62. The number of rotatable bonds is 2. The number of carbonyl (C=O) groups is 1. The van der Waals surface area contributed by atoms with Gasteiger partial charge in [-0.05, 0) is 35.2 Å². The summed E-state index contributed by atoms with van der Waals surface area (Å²) >= 11 is 0. The van der Waals surface area contributed by atoms with Gasteiger partial charge in [0.25, 0.3) is 5.91 Å². The average Bonchev–Trinajstić information content (AvgIpc) is 3.08. The lowest BCUT2D eigenvalue weighted by atomic mass is 9.87. The van der Waals surface area contributed by atoms with Gasteiger partial charge in [0.1, 0.15) is 0 Å². The molecule has 1 aromatic heterocycles. The predicted molar refractivity (Wildman–Crippen MR) is 92.0 cm³/mol. The van der Waals surface area contributed by atoms with Gasteiger partial charge in [-0.25, -0.2) is 0 Å². The number of hydrogen-bond donors (Lipinski definition) is 0. The van der Waals surface area contributed by atoms with Crippen molar-refractivity contribution >= 4 is 11.6 Å². The van der Waals surface area contributed by atoms with Crippen molar-refractivity contribution in [2.24, 2.45) is 0 Å². The van der Waals surface area contributed by atoms with E-state index < -0.39 is 0 Å². The highest BCUT2D eigenvalue weighted by molar-refractivity contribution is 5.91. The summed E-state index contributed by atoms with van der Waals surface area (Å²) in [6, 6.07) is 12.3. The zero-order chi connectivity index (χ0) is 16.4. The fourth-order valence-electron chi connectivity index (χ4n) is 2.90. The molecule has 0 unspecified atom stereocenters. The van der Waals surface area contributed by atoms with Gasteiger partial charge in [0, 0.05) is 31.9 Å². The monoisotopic (exact) mass is 312 g/mol. The molecule has 1 fully saturated rings. The number of furan rings is 1. The third kappa shape index (κ3) is 3.41. The Morgan fingerprint density at radius 1 is 1.00 bits per heavy atom. The third-order valence-corrected chi connectivity index (χ3v) is 4.40. The molecule has 2 heterocycles. The van der Waals surface area contributed by atoms with E-state index >= 15 is 0 Å². The first-order valence-electron chi connectivity index (χ1n) is 8.13. The van der Waals surface area contributed by atoms with Crippen molar-refractivity contribution in [2.75, 3.05) is 31.1 Å². The highest BCUT2D eigenvalue weighted by Crippen LogP contribution is 2.25. The van der Waals surface area contributed by atoms with Crippen LogP contribution in [0.1, 0.15) is 36.9 Å². The molecule has 1 amide bonds. The summed E-state index contributed by atoms with van der Waals surface area (Å²) in [5.41, 5.74) is 2.74. The van der Waals surface area contributed by atoms with Crippen molar-refractivity contribution in [1.29, 1.82) is 0 Å². The van der Waals surface area contributed by atoms with Crippen LogP contribution in [0.15, 0.2) is 47.1 Å². The maximum atomic E-state index is 12.3. The lowest BCUT2D eigenvalue weighted by Gasteiger charge is -2.36. The van der Waals surface area contributed by atoms with Crippen LogP contribution in [0.5, 0.6) is 0 Å². The minimum absolute atomic E-state index is 0.0160. The molecule has 0 spiro atoms. The minimum atomic E-state index is -0.0160. The Bertz CT molecular complexity index is 646. The zero-order valence-corrected chi connectivity index (χ0v) is 14.1. The highest BCUT2D eigenvalue weighted by Gasteiger charge is 2.24. The summed E-state index contributed by atoms with van der Waals surface area (Å²) < 4.78 is 5.20. The number of benzene rings is 1. The van der Waals surface area contributed by atoms with E-state index in [-0.39, 0.29) is 11.3 Å². The molecule has 1 aliphatic rings. The Kier molecular flexibility index (Phi) is 4.16. The van der Waals surface area contributed by atoms with E-state index in [1.54, 1.807) is 18.4 Å². The summed E-state index contributed by atoms with van der Waals surface area (Å²) in [6.45, 7) is 9.81. The molecule has 3 rings (SSSR count). The summed E-state index contributed by atoms with van der Waals surface area (Å²) in [7, 11) is 0. The molecule has 4 nitrogen and oxygen atoms in total. The molecule has 0 aliphatic carbocycles. The molecular weight excluding hydrogens is 288 g/mol. The van der Waals surface area contributed by atoms with Crippen LogP contribution < -0.4 is 4.90 Å². The number of amides is 1. The van der Waals surface area contributed by atoms with Crippen LogP contribution in [0.4, 0.5) is 5.69 Å². The fraction of sp³-hybridized carbons (Fsp3) is 0.421. The van der Waals surface area contributed by atoms with Crippen molar-refractivity contribution < 1.29 is 9.21 Å². The molecule has 0 radical (unpaired) electrons. The number of carbonyl (C=O) groups excluding carboxylic acids is 1. The summed E-state index contributed by atoms with van der Waals surface area (Å²) in [6.07, 6.45) is 1.54. The van der Waals surface area contributed by atoms with Crippen molar-refractivity contribution in [1.82, 2.24) is 4.90 Å². The van der Waals surface area contributed by atoms with E-state index in [2.05, 4.69) is 49.9 Å². The Morgan fingerprint density at radius 3 is 2.17 bits per heavy atom. The second kappa shape index (κ2) is 6.11. The Labute approximate surface area is 137 Å². The van der Waals surface area contributed by atoms with E-state index in [1.165, 1.54) is 11.3 Å². The van der Waals surface area contributed by atoms with Crippen molar-refractivity contribution in [2.45, 2.75) is 26.2 Å². The molecule has 0 bridgehead atoms. The molecule has 0 saturated carbocycles. The van der Waals surface area contributed by atoms with Gasteiger partial charge in [0.2, 0.25) is 0 Å². The van der Waals surface area contributed by atoms with Gasteiger partial charge in [-0.15, -0.1) is 0 Å². The maximum Gasteiger partial charge on any atom is 0.289 e. The van der Waals surface area contributed by atoms with Crippen LogP contribution in [0.2, 0.25) is 0 Å². The van der Waals surface area contributed by atoms with E-state index in [0.29, 0.717) is 5.76 Å². The normalized spacial score (nSPS) is 15.8. The van der Waals surface area contributed by atoms with Gasteiger partial charge in [-0.2, -0.15) is 0 Å². The number of nitrogens with zero attached hydrogens (tertiary/aromatic N) is 2. The van der Waals surface area contributed by atoms with E-state index in [4.69, 9.17) is 4.42 Å². The minimum Gasteiger partial charge on any atom is -0.459 e. The summed E-state index contributed by atoms with van der Waals surface area (Å²) in [5.74, 6) is 0.408. The lowest BCUT2D eigenvalue weighted by molar-refractivity contribution is 0.0714. The van der Waals surface area contributed by atoms with Crippen LogP contribution in [0, 0.1) is 0 Å². The molecule has 23 heavy (non-hydrogen) atoms. The van der Waals surface area contributed by atoms with Crippen LogP contribution in [0.25, 0.3) is 0 Å². The van der Waals surface area contributed by atoms with Crippen molar-refractivity contribution in [3.63, 3.8) is 0 Å². The Morgan fingerprint density at radius 2 is 1.65 bits per heavy atom. The number of anilines is 1. The summed E-state index contributed by atoms with van der Waals surface area (Å²) in [5, 5.41) is 0. The van der Waals surface area contributed by atoms with Crippen molar-refractivity contribution in [3.05, 3.63) is 54.0 Å². The number of hydrogen-bond acceptors (Lipinski definition) is 3. The molecular formula is C19H24N2O2. The third-order valence-electron chi connectivity index (χ3n) is 4.40. The molecule has 1 saturated heterocycles. The Hall–Kier alpha value is -2.23. The van der Waals surface area contributed by atoms with Crippen LogP contribution in [-0.4, -0.2) is 37.0 Å². The van der Waals surface area contributed by atoms with E-state index in [1.807, 2.05) is 4.90 Å². The van der Waals surface area contributed by atoms with Crippen molar-refractivity contribution in [3.8, 4) is 0 Å².